The summed E-state index contributed by atoms with van der Waals surface area (Å²) in [5.74, 6) is 0. The minimum absolute atomic E-state index is 0.0238. The zero-order valence-electron chi connectivity index (χ0n) is 11.7. The molecule has 2 unspecified atom stereocenters. The molecule has 1 aromatic carbocycles. The van der Waals surface area contributed by atoms with Crippen molar-refractivity contribution in [1.82, 2.24) is 4.98 Å². The Bertz CT molecular complexity index is 522. The summed E-state index contributed by atoms with van der Waals surface area (Å²) in [6, 6.07) is 10.3. The van der Waals surface area contributed by atoms with Crippen LogP contribution in [0.2, 0.25) is 0 Å². The molecule has 0 aliphatic carbocycles. The topological polar surface area (TPSA) is 48.1 Å². The Kier molecular flexibility index (Phi) is 4.88. The predicted molar refractivity (Wildman–Crippen MR) is 79.1 cm³/mol. The molecule has 102 valence electrons. The van der Waals surface area contributed by atoms with Crippen molar-refractivity contribution in [2.24, 2.45) is 5.73 Å². The zero-order valence-corrected chi connectivity index (χ0v) is 11.7. The molecule has 19 heavy (non-hydrogen) atoms. The summed E-state index contributed by atoms with van der Waals surface area (Å²) in [6.07, 6.45) is 3.74. The predicted octanol–water partition coefficient (Wildman–Crippen LogP) is 2.92. The quantitative estimate of drug-likeness (QED) is 0.866. The Balaban J connectivity index is 2.21. The van der Waals surface area contributed by atoms with E-state index < -0.39 is 0 Å². The van der Waals surface area contributed by atoms with Crippen LogP contribution in [0.5, 0.6) is 0 Å². The maximum Gasteiger partial charge on any atom is 0.0726 e. The molecule has 3 nitrogen and oxygen atoms in total. The van der Waals surface area contributed by atoms with Crippen molar-refractivity contribution in [3.8, 4) is 0 Å². The van der Waals surface area contributed by atoms with Crippen LogP contribution in [-0.2, 0) is 11.2 Å². The fourth-order valence-corrected chi connectivity index (χ4v) is 2.48. The summed E-state index contributed by atoms with van der Waals surface area (Å²) in [5, 5.41) is 1.19. The van der Waals surface area contributed by atoms with Gasteiger partial charge in [0.1, 0.15) is 0 Å². The van der Waals surface area contributed by atoms with Gasteiger partial charge >= 0.3 is 0 Å². The lowest BCUT2D eigenvalue weighted by molar-refractivity contribution is 0.0418. The van der Waals surface area contributed by atoms with Gasteiger partial charge in [-0.2, -0.15) is 0 Å². The molecular weight excluding hydrogens is 236 g/mol. The molecule has 0 fully saturated rings. The van der Waals surface area contributed by atoms with Gasteiger partial charge in [-0.05, 0) is 37.5 Å². The first kappa shape index (κ1) is 14.0. The van der Waals surface area contributed by atoms with Crippen LogP contribution in [0, 0.1) is 0 Å². The maximum atomic E-state index is 6.29. The van der Waals surface area contributed by atoms with Crippen molar-refractivity contribution < 1.29 is 4.74 Å². The number of aromatic nitrogens is 1. The smallest absolute Gasteiger partial charge is 0.0726 e. The molecule has 2 N–H and O–H groups in total. The van der Waals surface area contributed by atoms with Gasteiger partial charge in [0.2, 0.25) is 0 Å². The number of ether oxygens (including phenoxy) is 1. The van der Waals surface area contributed by atoms with E-state index >= 15 is 0 Å². The highest BCUT2D eigenvalue weighted by atomic mass is 16.5. The summed E-state index contributed by atoms with van der Waals surface area (Å²) >= 11 is 0. The normalized spacial score (nSPS) is 14.5. The minimum Gasteiger partial charge on any atom is -0.377 e. The van der Waals surface area contributed by atoms with Crippen molar-refractivity contribution >= 4 is 10.9 Å². The number of benzene rings is 1. The number of hydrogen-bond donors (Lipinski definition) is 1. The average molecular weight is 258 g/mol. The highest BCUT2D eigenvalue weighted by Crippen LogP contribution is 2.19. The van der Waals surface area contributed by atoms with E-state index in [1.807, 2.05) is 31.3 Å². The second-order valence-electron chi connectivity index (χ2n) is 4.76. The van der Waals surface area contributed by atoms with Crippen LogP contribution in [-0.4, -0.2) is 23.7 Å². The van der Waals surface area contributed by atoms with Crippen LogP contribution < -0.4 is 5.73 Å². The fourth-order valence-electron chi connectivity index (χ4n) is 2.48. The second kappa shape index (κ2) is 6.64. The Morgan fingerprint density at radius 2 is 2.00 bits per heavy atom. The second-order valence-corrected chi connectivity index (χ2v) is 4.76. The van der Waals surface area contributed by atoms with Crippen LogP contribution in [0.4, 0.5) is 0 Å². The van der Waals surface area contributed by atoms with E-state index in [1.165, 1.54) is 10.9 Å². The van der Waals surface area contributed by atoms with Crippen LogP contribution in [0.1, 0.15) is 25.8 Å². The fraction of sp³-hybridized carbons (Fsp3) is 0.438. The Labute approximate surface area is 114 Å². The number of fused-ring (bicyclic) bond motifs is 1. The lowest BCUT2D eigenvalue weighted by Gasteiger charge is -2.23. The number of para-hydroxylation sites is 1. The standard InChI is InChI=1S/C16H22N2O/c1-3-16(19-4-2)14(17)11-12-9-10-18-15-8-6-5-7-13(12)15/h5-10,14,16H,3-4,11,17H2,1-2H3. The number of nitrogens with zero attached hydrogens (tertiary/aromatic N) is 1. The van der Waals surface area contributed by atoms with Gasteiger partial charge in [-0.1, -0.05) is 25.1 Å². The molecule has 2 aromatic rings. The van der Waals surface area contributed by atoms with Gasteiger partial charge in [0.05, 0.1) is 11.6 Å². The van der Waals surface area contributed by atoms with Crippen LogP contribution in [0.25, 0.3) is 10.9 Å². The van der Waals surface area contributed by atoms with E-state index in [4.69, 9.17) is 10.5 Å². The third-order valence-electron chi connectivity index (χ3n) is 3.46. The SMILES string of the molecule is CCOC(CC)C(N)Cc1ccnc2ccccc12. The van der Waals surface area contributed by atoms with Crippen LogP contribution >= 0.6 is 0 Å². The minimum atomic E-state index is 0.0238. The average Bonchev–Trinajstić information content (AvgIpc) is 2.45. The van der Waals surface area contributed by atoms with E-state index in [0.717, 1.165) is 18.4 Å². The summed E-state index contributed by atoms with van der Waals surface area (Å²) in [6.45, 7) is 4.84. The van der Waals surface area contributed by atoms with E-state index in [-0.39, 0.29) is 12.1 Å². The van der Waals surface area contributed by atoms with Gasteiger partial charge in [0.25, 0.3) is 0 Å². The summed E-state index contributed by atoms with van der Waals surface area (Å²) in [4.78, 5) is 4.38. The molecule has 0 saturated heterocycles. The lowest BCUT2D eigenvalue weighted by atomic mass is 9.98. The third kappa shape index (κ3) is 3.31. The maximum absolute atomic E-state index is 6.29. The van der Waals surface area contributed by atoms with Gasteiger partial charge in [-0.25, -0.2) is 0 Å². The van der Waals surface area contributed by atoms with Crippen molar-refractivity contribution in [3.05, 3.63) is 42.1 Å². The number of nitrogens with two attached hydrogens (primary N) is 1. The molecule has 2 atom stereocenters. The monoisotopic (exact) mass is 258 g/mol. The Morgan fingerprint density at radius 1 is 1.21 bits per heavy atom. The molecule has 1 aromatic heterocycles. The van der Waals surface area contributed by atoms with Crippen molar-refractivity contribution in [1.29, 1.82) is 0 Å². The first-order chi connectivity index (χ1) is 9.26. The Morgan fingerprint density at radius 3 is 2.74 bits per heavy atom. The zero-order chi connectivity index (χ0) is 13.7. The van der Waals surface area contributed by atoms with Crippen molar-refractivity contribution in [2.45, 2.75) is 38.8 Å². The molecule has 3 heteroatoms. The van der Waals surface area contributed by atoms with Crippen molar-refractivity contribution in [2.75, 3.05) is 6.61 Å². The molecule has 0 spiro atoms. The third-order valence-corrected chi connectivity index (χ3v) is 3.46. The molecule has 0 radical (unpaired) electrons. The molecule has 0 aliphatic heterocycles. The number of pyridine rings is 1. The lowest BCUT2D eigenvalue weighted by Crippen LogP contribution is -2.38. The highest BCUT2D eigenvalue weighted by molar-refractivity contribution is 5.81. The highest BCUT2D eigenvalue weighted by Gasteiger charge is 2.17. The van der Waals surface area contributed by atoms with E-state index in [0.29, 0.717) is 6.61 Å². The molecule has 0 bridgehead atoms. The number of rotatable bonds is 6. The summed E-state index contributed by atoms with van der Waals surface area (Å²) in [5.41, 5.74) is 8.56. The number of hydrogen-bond acceptors (Lipinski definition) is 3. The largest absolute Gasteiger partial charge is 0.377 e. The van der Waals surface area contributed by atoms with Crippen molar-refractivity contribution in [3.63, 3.8) is 0 Å². The molecule has 2 rings (SSSR count). The summed E-state index contributed by atoms with van der Waals surface area (Å²) in [7, 11) is 0. The van der Waals surface area contributed by atoms with Gasteiger partial charge < -0.3 is 10.5 Å². The van der Waals surface area contributed by atoms with Crippen LogP contribution in [0.15, 0.2) is 36.5 Å². The van der Waals surface area contributed by atoms with Gasteiger partial charge in [-0.15, -0.1) is 0 Å². The van der Waals surface area contributed by atoms with Gasteiger partial charge in [0, 0.05) is 24.2 Å². The van der Waals surface area contributed by atoms with E-state index in [9.17, 15) is 0 Å². The molecule has 0 amide bonds. The summed E-state index contributed by atoms with van der Waals surface area (Å²) < 4.78 is 5.70. The van der Waals surface area contributed by atoms with Crippen LogP contribution in [0.3, 0.4) is 0 Å². The first-order valence-corrected chi connectivity index (χ1v) is 6.96. The molecule has 0 saturated carbocycles. The molecule has 1 heterocycles. The Hall–Kier alpha value is -1.45. The van der Waals surface area contributed by atoms with Gasteiger partial charge in [-0.3, -0.25) is 4.98 Å². The van der Waals surface area contributed by atoms with Gasteiger partial charge in [0.15, 0.2) is 0 Å². The first-order valence-electron chi connectivity index (χ1n) is 6.96. The van der Waals surface area contributed by atoms with E-state index in [2.05, 4.69) is 24.0 Å². The molecular formula is C16H22N2O. The van der Waals surface area contributed by atoms with E-state index in [1.54, 1.807) is 0 Å². The molecule has 0 aliphatic rings.